The molecule has 0 aromatic heterocycles. The van der Waals surface area contributed by atoms with Crippen molar-refractivity contribution in [3.05, 3.63) is 0 Å². The molecule has 1 aliphatic heterocycles. The van der Waals surface area contributed by atoms with Gasteiger partial charge in [0.1, 0.15) is 0 Å². The van der Waals surface area contributed by atoms with Gasteiger partial charge in [-0.25, -0.2) is 0 Å². The number of unbranched alkanes of at least 4 members (excludes halogenated alkanes) is 1. The van der Waals surface area contributed by atoms with Crippen molar-refractivity contribution >= 4 is 11.8 Å². The lowest BCUT2D eigenvalue weighted by Gasteiger charge is -2.09. The average Bonchev–Trinajstić information content (AvgIpc) is 2.74. The molecule has 2 amide bonds. The van der Waals surface area contributed by atoms with Crippen molar-refractivity contribution in [1.82, 2.24) is 10.6 Å². The number of carbonyl (C=O) groups is 2. The molecule has 5 nitrogen and oxygen atoms in total. The van der Waals surface area contributed by atoms with Crippen molar-refractivity contribution < 1.29 is 14.3 Å². The summed E-state index contributed by atoms with van der Waals surface area (Å²) in [6.45, 7) is 4.70. The third kappa shape index (κ3) is 5.68. The van der Waals surface area contributed by atoms with Crippen LogP contribution in [0.3, 0.4) is 0 Å². The first-order valence-corrected chi connectivity index (χ1v) is 6.36. The number of nitrogens with one attached hydrogen (secondary N) is 2. The highest BCUT2D eigenvalue weighted by Crippen LogP contribution is 2.08. The standard InChI is InChI=1S/C12H22N2O3/c1-2-3-6-17-7-4-5-13-12(16)10-8-11(15)14-9-10/h10H,2-9H2,1H3,(H,13,16)(H,14,15). The predicted molar refractivity (Wildman–Crippen MR) is 64.5 cm³/mol. The smallest absolute Gasteiger partial charge is 0.225 e. The zero-order chi connectivity index (χ0) is 12.5. The van der Waals surface area contributed by atoms with E-state index in [1.165, 1.54) is 0 Å². The Morgan fingerprint density at radius 3 is 2.88 bits per heavy atom. The first kappa shape index (κ1) is 14.0. The highest BCUT2D eigenvalue weighted by molar-refractivity contribution is 5.89. The lowest BCUT2D eigenvalue weighted by Crippen LogP contribution is -2.32. The lowest BCUT2D eigenvalue weighted by molar-refractivity contribution is -0.126. The van der Waals surface area contributed by atoms with Gasteiger partial charge in [-0.05, 0) is 12.8 Å². The fourth-order valence-electron chi connectivity index (χ4n) is 1.67. The van der Waals surface area contributed by atoms with Crippen molar-refractivity contribution in [1.29, 1.82) is 0 Å². The Morgan fingerprint density at radius 2 is 2.24 bits per heavy atom. The molecule has 5 heteroatoms. The Morgan fingerprint density at radius 1 is 1.47 bits per heavy atom. The number of rotatable bonds is 8. The highest BCUT2D eigenvalue weighted by atomic mass is 16.5. The van der Waals surface area contributed by atoms with Crippen LogP contribution in [0, 0.1) is 5.92 Å². The summed E-state index contributed by atoms with van der Waals surface area (Å²) in [7, 11) is 0. The van der Waals surface area contributed by atoms with Crippen molar-refractivity contribution in [3.63, 3.8) is 0 Å². The molecule has 1 atom stereocenters. The van der Waals surface area contributed by atoms with Crippen LogP contribution in [0.5, 0.6) is 0 Å². The molecule has 0 aliphatic carbocycles. The van der Waals surface area contributed by atoms with Crippen LogP contribution in [0.4, 0.5) is 0 Å². The normalized spacial score (nSPS) is 19.1. The average molecular weight is 242 g/mol. The van der Waals surface area contributed by atoms with Crippen LogP contribution in [-0.4, -0.2) is 38.1 Å². The first-order valence-electron chi connectivity index (χ1n) is 6.36. The second-order valence-electron chi connectivity index (χ2n) is 4.32. The van der Waals surface area contributed by atoms with E-state index in [1.54, 1.807) is 0 Å². The quantitative estimate of drug-likeness (QED) is 0.607. The van der Waals surface area contributed by atoms with E-state index in [2.05, 4.69) is 17.6 Å². The van der Waals surface area contributed by atoms with Gasteiger partial charge in [-0.2, -0.15) is 0 Å². The Balaban J connectivity index is 1.95. The molecule has 1 fully saturated rings. The van der Waals surface area contributed by atoms with Gasteiger partial charge in [0.15, 0.2) is 0 Å². The minimum Gasteiger partial charge on any atom is -0.381 e. The van der Waals surface area contributed by atoms with Crippen LogP contribution in [0.15, 0.2) is 0 Å². The molecule has 1 heterocycles. The topological polar surface area (TPSA) is 67.4 Å². The van der Waals surface area contributed by atoms with Crippen molar-refractivity contribution in [3.8, 4) is 0 Å². The number of amides is 2. The van der Waals surface area contributed by atoms with Gasteiger partial charge in [-0.3, -0.25) is 9.59 Å². The van der Waals surface area contributed by atoms with E-state index in [0.717, 1.165) is 25.9 Å². The molecule has 1 unspecified atom stereocenters. The second kappa shape index (κ2) is 8.06. The van der Waals surface area contributed by atoms with Gasteiger partial charge in [0.05, 0.1) is 5.92 Å². The summed E-state index contributed by atoms with van der Waals surface area (Å²) in [5.74, 6) is -0.256. The molecule has 0 aromatic rings. The van der Waals surface area contributed by atoms with E-state index >= 15 is 0 Å². The highest BCUT2D eigenvalue weighted by Gasteiger charge is 2.27. The fourth-order valence-corrected chi connectivity index (χ4v) is 1.67. The van der Waals surface area contributed by atoms with Gasteiger partial charge < -0.3 is 15.4 Å². The number of hydrogen-bond donors (Lipinski definition) is 2. The Kier molecular flexibility index (Phi) is 6.62. The largest absolute Gasteiger partial charge is 0.381 e. The summed E-state index contributed by atoms with van der Waals surface area (Å²) in [6, 6.07) is 0. The molecule has 1 saturated heterocycles. The van der Waals surface area contributed by atoms with Crippen LogP contribution in [0.2, 0.25) is 0 Å². The van der Waals surface area contributed by atoms with E-state index in [9.17, 15) is 9.59 Å². The third-order valence-electron chi connectivity index (χ3n) is 2.76. The number of carbonyl (C=O) groups excluding carboxylic acids is 2. The minimum absolute atomic E-state index is 0.0306. The van der Waals surface area contributed by atoms with Crippen LogP contribution in [-0.2, 0) is 14.3 Å². The van der Waals surface area contributed by atoms with Crippen LogP contribution in [0.1, 0.15) is 32.6 Å². The fraction of sp³-hybridized carbons (Fsp3) is 0.833. The first-order chi connectivity index (χ1) is 8.24. The van der Waals surface area contributed by atoms with Crippen LogP contribution in [0.25, 0.3) is 0 Å². The number of hydrogen-bond acceptors (Lipinski definition) is 3. The predicted octanol–water partition coefficient (Wildman–Crippen LogP) is 0.445. The Bertz CT molecular complexity index is 256. The van der Waals surface area contributed by atoms with E-state index in [-0.39, 0.29) is 17.7 Å². The van der Waals surface area contributed by atoms with E-state index in [4.69, 9.17) is 4.74 Å². The lowest BCUT2D eigenvalue weighted by atomic mass is 10.1. The molecule has 0 aromatic carbocycles. The van der Waals surface area contributed by atoms with E-state index in [0.29, 0.717) is 26.1 Å². The number of ether oxygens (including phenoxy) is 1. The maximum atomic E-state index is 11.6. The van der Waals surface area contributed by atoms with E-state index < -0.39 is 0 Å². The summed E-state index contributed by atoms with van der Waals surface area (Å²) in [4.78, 5) is 22.5. The second-order valence-corrected chi connectivity index (χ2v) is 4.32. The molecule has 0 bridgehead atoms. The van der Waals surface area contributed by atoms with Gasteiger partial charge in [0.25, 0.3) is 0 Å². The van der Waals surface area contributed by atoms with Crippen molar-refractivity contribution in [2.45, 2.75) is 32.6 Å². The molecular formula is C12H22N2O3. The maximum absolute atomic E-state index is 11.6. The third-order valence-corrected chi connectivity index (χ3v) is 2.76. The maximum Gasteiger partial charge on any atom is 0.225 e. The van der Waals surface area contributed by atoms with Gasteiger partial charge in [0, 0.05) is 32.7 Å². The van der Waals surface area contributed by atoms with E-state index in [1.807, 2.05) is 0 Å². The van der Waals surface area contributed by atoms with Gasteiger partial charge in [-0.15, -0.1) is 0 Å². The Labute approximate surface area is 102 Å². The molecule has 1 aliphatic rings. The molecule has 0 saturated carbocycles. The summed E-state index contributed by atoms with van der Waals surface area (Å²) in [5.41, 5.74) is 0. The van der Waals surface area contributed by atoms with Crippen molar-refractivity contribution in [2.24, 2.45) is 5.92 Å². The van der Waals surface area contributed by atoms with Gasteiger partial charge >= 0.3 is 0 Å². The molecule has 98 valence electrons. The molecule has 1 rings (SSSR count). The zero-order valence-electron chi connectivity index (χ0n) is 10.5. The Hall–Kier alpha value is -1.10. The molecule has 2 N–H and O–H groups in total. The summed E-state index contributed by atoms with van der Waals surface area (Å²) in [6.07, 6.45) is 3.37. The molecule has 17 heavy (non-hydrogen) atoms. The molecule has 0 spiro atoms. The monoisotopic (exact) mass is 242 g/mol. The SMILES string of the molecule is CCCCOCCCNC(=O)C1CNC(=O)C1. The molecule has 0 radical (unpaired) electrons. The minimum atomic E-state index is -0.191. The van der Waals surface area contributed by atoms with Crippen molar-refractivity contribution in [2.75, 3.05) is 26.3 Å². The summed E-state index contributed by atoms with van der Waals surface area (Å²) >= 11 is 0. The van der Waals surface area contributed by atoms with Gasteiger partial charge in [0.2, 0.25) is 11.8 Å². The summed E-state index contributed by atoms with van der Waals surface area (Å²) < 4.78 is 5.38. The van der Waals surface area contributed by atoms with Crippen LogP contribution >= 0.6 is 0 Å². The molecular weight excluding hydrogens is 220 g/mol. The zero-order valence-corrected chi connectivity index (χ0v) is 10.5. The van der Waals surface area contributed by atoms with Gasteiger partial charge in [-0.1, -0.05) is 13.3 Å². The van der Waals surface area contributed by atoms with Crippen LogP contribution < -0.4 is 10.6 Å². The summed E-state index contributed by atoms with van der Waals surface area (Å²) in [5, 5.41) is 5.48.